The standard InChI is InChI=1S/C15H19N3O/c1-11-10-18(15(2,3)14(19)16-4)17-13(11)12-8-6-5-7-9-12/h5-10H,1-4H3,(H,16,19). The largest absolute Gasteiger partial charge is 0.357 e. The highest BCUT2D eigenvalue weighted by Gasteiger charge is 2.30. The molecule has 2 rings (SSSR count). The Bertz CT molecular complexity index is 585. The van der Waals surface area contributed by atoms with E-state index >= 15 is 0 Å². The second kappa shape index (κ2) is 4.88. The van der Waals surface area contributed by atoms with Gasteiger partial charge in [0.25, 0.3) is 0 Å². The van der Waals surface area contributed by atoms with Crippen molar-refractivity contribution in [3.8, 4) is 11.3 Å². The maximum atomic E-state index is 11.9. The first-order chi connectivity index (χ1) is 8.96. The molecule has 0 spiro atoms. The molecular formula is C15H19N3O. The van der Waals surface area contributed by atoms with Crippen molar-refractivity contribution in [3.63, 3.8) is 0 Å². The third kappa shape index (κ3) is 2.38. The predicted molar refractivity (Wildman–Crippen MR) is 75.8 cm³/mol. The summed E-state index contributed by atoms with van der Waals surface area (Å²) in [5, 5.41) is 7.25. The van der Waals surface area contributed by atoms with Gasteiger partial charge in [-0.1, -0.05) is 30.3 Å². The Balaban J connectivity index is 2.45. The van der Waals surface area contributed by atoms with E-state index in [1.165, 1.54) is 0 Å². The number of nitrogens with one attached hydrogen (secondary N) is 1. The van der Waals surface area contributed by atoms with E-state index in [-0.39, 0.29) is 5.91 Å². The van der Waals surface area contributed by atoms with Gasteiger partial charge in [-0.2, -0.15) is 5.10 Å². The maximum Gasteiger partial charge on any atom is 0.247 e. The van der Waals surface area contributed by atoms with E-state index in [0.717, 1.165) is 16.8 Å². The summed E-state index contributed by atoms with van der Waals surface area (Å²) in [5.74, 6) is -0.0605. The lowest BCUT2D eigenvalue weighted by molar-refractivity contribution is -0.128. The summed E-state index contributed by atoms with van der Waals surface area (Å²) >= 11 is 0. The van der Waals surface area contributed by atoms with Crippen molar-refractivity contribution in [1.82, 2.24) is 15.1 Å². The SMILES string of the molecule is CNC(=O)C(C)(C)n1cc(C)c(-c2ccccc2)n1. The van der Waals surface area contributed by atoms with Gasteiger partial charge in [0, 0.05) is 18.8 Å². The molecule has 1 heterocycles. The first-order valence-electron chi connectivity index (χ1n) is 6.31. The molecule has 1 N–H and O–H groups in total. The zero-order valence-corrected chi connectivity index (χ0v) is 11.8. The molecule has 1 amide bonds. The van der Waals surface area contributed by atoms with Crippen molar-refractivity contribution in [2.45, 2.75) is 26.3 Å². The lowest BCUT2D eigenvalue weighted by Gasteiger charge is -2.23. The van der Waals surface area contributed by atoms with Crippen molar-refractivity contribution < 1.29 is 4.79 Å². The normalized spacial score (nSPS) is 11.4. The van der Waals surface area contributed by atoms with Gasteiger partial charge in [-0.05, 0) is 26.3 Å². The van der Waals surface area contributed by atoms with Gasteiger partial charge < -0.3 is 5.32 Å². The van der Waals surface area contributed by atoms with Crippen LogP contribution in [0.5, 0.6) is 0 Å². The average Bonchev–Trinajstić information content (AvgIpc) is 2.81. The number of carbonyl (C=O) groups excluding carboxylic acids is 1. The van der Waals surface area contributed by atoms with Gasteiger partial charge >= 0.3 is 0 Å². The molecule has 0 saturated carbocycles. The minimum absolute atomic E-state index is 0.0605. The molecule has 4 heteroatoms. The molecule has 0 aliphatic heterocycles. The fourth-order valence-corrected chi connectivity index (χ4v) is 2.04. The highest BCUT2D eigenvalue weighted by Crippen LogP contribution is 2.24. The quantitative estimate of drug-likeness (QED) is 0.917. The highest BCUT2D eigenvalue weighted by molar-refractivity contribution is 5.83. The molecule has 0 radical (unpaired) electrons. The monoisotopic (exact) mass is 257 g/mol. The molecule has 1 aromatic heterocycles. The fourth-order valence-electron chi connectivity index (χ4n) is 2.04. The van der Waals surface area contributed by atoms with E-state index in [0.29, 0.717) is 0 Å². The number of hydrogen-bond acceptors (Lipinski definition) is 2. The van der Waals surface area contributed by atoms with Gasteiger partial charge in [0.15, 0.2) is 0 Å². The van der Waals surface area contributed by atoms with E-state index in [4.69, 9.17) is 0 Å². The van der Waals surface area contributed by atoms with Crippen LogP contribution in [0.2, 0.25) is 0 Å². The van der Waals surface area contributed by atoms with E-state index in [9.17, 15) is 4.79 Å². The van der Waals surface area contributed by atoms with Crippen LogP contribution in [0.3, 0.4) is 0 Å². The number of nitrogens with zero attached hydrogens (tertiary/aromatic N) is 2. The molecule has 0 fully saturated rings. The lowest BCUT2D eigenvalue weighted by atomic mass is 10.1. The number of hydrogen-bond donors (Lipinski definition) is 1. The van der Waals surface area contributed by atoms with E-state index < -0.39 is 5.54 Å². The predicted octanol–water partition coefficient (Wildman–Crippen LogP) is 2.34. The Morgan fingerprint density at radius 2 is 1.89 bits per heavy atom. The van der Waals surface area contributed by atoms with Crippen LogP contribution in [0.4, 0.5) is 0 Å². The molecular weight excluding hydrogens is 238 g/mol. The van der Waals surface area contributed by atoms with E-state index in [2.05, 4.69) is 10.4 Å². The van der Waals surface area contributed by atoms with Crippen LogP contribution >= 0.6 is 0 Å². The minimum Gasteiger partial charge on any atom is -0.357 e. The zero-order chi connectivity index (χ0) is 14.0. The molecule has 0 unspecified atom stereocenters. The number of rotatable bonds is 3. The number of carbonyl (C=O) groups is 1. The van der Waals surface area contributed by atoms with E-state index in [1.807, 2.05) is 57.3 Å². The van der Waals surface area contributed by atoms with Gasteiger partial charge in [-0.25, -0.2) is 0 Å². The van der Waals surface area contributed by atoms with Crippen LogP contribution in [0, 0.1) is 6.92 Å². The molecule has 19 heavy (non-hydrogen) atoms. The topological polar surface area (TPSA) is 46.9 Å². The van der Waals surface area contributed by atoms with Gasteiger partial charge in [0.2, 0.25) is 5.91 Å². The summed E-state index contributed by atoms with van der Waals surface area (Å²) in [6.45, 7) is 5.71. The zero-order valence-electron chi connectivity index (χ0n) is 11.8. The average molecular weight is 257 g/mol. The van der Waals surface area contributed by atoms with Gasteiger partial charge in [-0.3, -0.25) is 9.48 Å². The van der Waals surface area contributed by atoms with Crippen molar-refractivity contribution in [3.05, 3.63) is 42.1 Å². The van der Waals surface area contributed by atoms with Crippen molar-refractivity contribution in [1.29, 1.82) is 0 Å². The molecule has 0 aliphatic carbocycles. The Morgan fingerprint density at radius 3 is 2.47 bits per heavy atom. The van der Waals surface area contributed by atoms with Crippen molar-refractivity contribution >= 4 is 5.91 Å². The summed E-state index contributed by atoms with van der Waals surface area (Å²) in [6.07, 6.45) is 1.91. The third-order valence-electron chi connectivity index (χ3n) is 3.30. The summed E-state index contributed by atoms with van der Waals surface area (Å²) in [4.78, 5) is 11.9. The van der Waals surface area contributed by atoms with Crippen molar-refractivity contribution in [2.24, 2.45) is 0 Å². The minimum atomic E-state index is -0.702. The third-order valence-corrected chi connectivity index (χ3v) is 3.30. The van der Waals surface area contributed by atoms with Crippen LogP contribution < -0.4 is 5.32 Å². The van der Waals surface area contributed by atoms with E-state index in [1.54, 1.807) is 11.7 Å². The van der Waals surface area contributed by atoms with Crippen LogP contribution in [0.25, 0.3) is 11.3 Å². The molecule has 0 atom stereocenters. The Labute approximate surface area is 113 Å². The number of aromatic nitrogens is 2. The van der Waals surface area contributed by atoms with Crippen LogP contribution in [0.15, 0.2) is 36.5 Å². The summed E-state index contributed by atoms with van der Waals surface area (Å²) in [6, 6.07) is 9.98. The Kier molecular flexibility index (Phi) is 3.42. The molecule has 4 nitrogen and oxygen atoms in total. The summed E-state index contributed by atoms with van der Waals surface area (Å²) < 4.78 is 1.73. The molecule has 2 aromatic rings. The smallest absolute Gasteiger partial charge is 0.247 e. The van der Waals surface area contributed by atoms with Gasteiger partial charge in [0.1, 0.15) is 5.54 Å². The highest BCUT2D eigenvalue weighted by atomic mass is 16.2. The molecule has 1 aromatic carbocycles. The first-order valence-corrected chi connectivity index (χ1v) is 6.31. The summed E-state index contributed by atoms with van der Waals surface area (Å²) in [5.41, 5.74) is 2.33. The molecule has 0 bridgehead atoms. The first kappa shape index (κ1) is 13.3. The Hall–Kier alpha value is -2.10. The number of aryl methyl sites for hydroxylation is 1. The van der Waals surface area contributed by atoms with Gasteiger partial charge in [0.05, 0.1) is 5.69 Å². The van der Waals surface area contributed by atoms with Gasteiger partial charge in [-0.15, -0.1) is 0 Å². The van der Waals surface area contributed by atoms with Crippen LogP contribution in [0.1, 0.15) is 19.4 Å². The number of benzene rings is 1. The summed E-state index contributed by atoms with van der Waals surface area (Å²) in [7, 11) is 1.64. The Morgan fingerprint density at radius 1 is 1.26 bits per heavy atom. The molecule has 100 valence electrons. The fraction of sp³-hybridized carbons (Fsp3) is 0.333. The molecule has 0 saturated heterocycles. The number of likely N-dealkylation sites (N-methyl/N-ethyl adjacent to an activating group) is 1. The maximum absolute atomic E-state index is 11.9. The number of amides is 1. The lowest BCUT2D eigenvalue weighted by Crippen LogP contribution is -2.43. The second-order valence-electron chi connectivity index (χ2n) is 5.11. The van der Waals surface area contributed by atoms with Crippen LogP contribution in [-0.4, -0.2) is 22.7 Å². The molecule has 0 aliphatic rings. The van der Waals surface area contributed by atoms with Crippen molar-refractivity contribution in [2.75, 3.05) is 7.05 Å². The van der Waals surface area contributed by atoms with Crippen LogP contribution in [-0.2, 0) is 10.3 Å². The second-order valence-corrected chi connectivity index (χ2v) is 5.11.